The summed E-state index contributed by atoms with van der Waals surface area (Å²) in [5.74, 6) is 0.357. The van der Waals surface area contributed by atoms with Gasteiger partial charge >= 0.3 is 6.18 Å². The molecule has 170 valence electrons. The maximum atomic E-state index is 13.1. The van der Waals surface area contributed by atoms with E-state index in [0.717, 1.165) is 31.5 Å². The lowest BCUT2D eigenvalue weighted by Crippen LogP contribution is -2.65. The zero-order valence-corrected chi connectivity index (χ0v) is 18.4. The minimum Gasteiger partial charge on any atom is -0.278 e. The van der Waals surface area contributed by atoms with Crippen molar-refractivity contribution in [2.75, 3.05) is 13.6 Å². The van der Waals surface area contributed by atoms with Crippen molar-refractivity contribution in [1.82, 2.24) is 10.0 Å². The van der Waals surface area contributed by atoms with E-state index in [1.165, 1.54) is 42.9 Å². The molecule has 1 amide bonds. The first-order valence-corrected chi connectivity index (χ1v) is 11.6. The van der Waals surface area contributed by atoms with Gasteiger partial charge in [-0.3, -0.25) is 9.80 Å². The van der Waals surface area contributed by atoms with Gasteiger partial charge < -0.3 is 0 Å². The number of hydrazine groups is 1. The fourth-order valence-electron chi connectivity index (χ4n) is 6.61. The lowest BCUT2D eigenvalue weighted by molar-refractivity contribution is -0.163. The number of piperidine rings is 1. The minimum absolute atomic E-state index is 0.0317. The monoisotopic (exact) mass is 442 g/mol. The number of carbonyl (C=O) groups is 1. The van der Waals surface area contributed by atoms with Gasteiger partial charge in [-0.2, -0.15) is 13.2 Å². The zero-order valence-electron chi connectivity index (χ0n) is 18.4. The van der Waals surface area contributed by atoms with Crippen LogP contribution in [-0.2, 0) is 29.2 Å². The fourth-order valence-corrected chi connectivity index (χ4v) is 6.61. The number of alkyl halides is 3. The summed E-state index contributed by atoms with van der Waals surface area (Å²) in [5, 5.41) is 3.90. The Morgan fingerprint density at radius 2 is 1.94 bits per heavy atom. The van der Waals surface area contributed by atoms with Crippen molar-refractivity contribution in [3.05, 3.63) is 70.8 Å². The third-order valence-electron chi connectivity index (χ3n) is 8.07. The highest BCUT2D eigenvalue weighted by molar-refractivity contribution is 5.78. The Bertz CT molecular complexity index is 1020. The van der Waals surface area contributed by atoms with E-state index in [1.807, 2.05) is 0 Å². The third kappa shape index (κ3) is 3.53. The predicted molar refractivity (Wildman–Crippen MR) is 117 cm³/mol. The van der Waals surface area contributed by atoms with E-state index in [-0.39, 0.29) is 23.8 Å². The Morgan fingerprint density at radius 1 is 1.12 bits per heavy atom. The highest BCUT2D eigenvalue weighted by Crippen LogP contribution is 2.55. The first-order valence-electron chi connectivity index (χ1n) is 11.6. The van der Waals surface area contributed by atoms with Crippen LogP contribution in [0.1, 0.15) is 54.4 Å². The van der Waals surface area contributed by atoms with Gasteiger partial charge in [-0.05, 0) is 54.4 Å². The summed E-state index contributed by atoms with van der Waals surface area (Å²) >= 11 is 0. The number of fused-ring (bicyclic) bond motifs is 1. The normalized spacial score (nSPS) is 27.4. The molecule has 32 heavy (non-hydrogen) atoms. The second-order valence-corrected chi connectivity index (χ2v) is 9.64. The van der Waals surface area contributed by atoms with Crippen LogP contribution in [0.3, 0.4) is 0 Å². The van der Waals surface area contributed by atoms with Crippen LogP contribution in [0, 0.1) is 5.92 Å². The van der Waals surface area contributed by atoms with E-state index in [2.05, 4.69) is 29.3 Å². The molecule has 0 aromatic heterocycles. The largest absolute Gasteiger partial charge is 0.416 e. The van der Waals surface area contributed by atoms with Gasteiger partial charge in [0.25, 0.3) is 0 Å². The van der Waals surface area contributed by atoms with Crippen molar-refractivity contribution >= 4 is 5.91 Å². The van der Waals surface area contributed by atoms with Crippen LogP contribution in [0.5, 0.6) is 0 Å². The maximum absolute atomic E-state index is 13.1. The van der Waals surface area contributed by atoms with Gasteiger partial charge in [0.05, 0.1) is 12.0 Å². The number of carbonyl (C=O) groups excluding carboxylic acids is 1. The van der Waals surface area contributed by atoms with Gasteiger partial charge in [0.2, 0.25) is 5.91 Å². The number of hydrogen-bond donors (Lipinski definition) is 0. The number of benzene rings is 2. The van der Waals surface area contributed by atoms with Gasteiger partial charge in [-0.25, -0.2) is 5.01 Å². The van der Waals surface area contributed by atoms with Crippen molar-refractivity contribution < 1.29 is 18.0 Å². The van der Waals surface area contributed by atoms with E-state index in [9.17, 15) is 18.0 Å². The van der Waals surface area contributed by atoms with Crippen LogP contribution in [0.4, 0.5) is 13.2 Å². The Morgan fingerprint density at radius 3 is 2.75 bits per heavy atom. The summed E-state index contributed by atoms with van der Waals surface area (Å²) in [6, 6.07) is 14.1. The topological polar surface area (TPSA) is 23.6 Å². The molecule has 3 aliphatic rings. The van der Waals surface area contributed by atoms with Crippen LogP contribution >= 0.6 is 0 Å². The molecule has 1 heterocycles. The number of halogens is 3. The first kappa shape index (κ1) is 21.5. The highest BCUT2D eigenvalue weighted by atomic mass is 19.4. The van der Waals surface area contributed by atoms with Crippen LogP contribution in [-0.4, -0.2) is 35.6 Å². The standard InChI is InChI=1S/C26H29F3N2O/c1-30(24(32)16-18-7-6-9-20(15-18)26(27,28)29)31-14-13-25-12-5-4-11-22(25)23(31)17-19-8-2-3-10-21(19)25/h2-3,6-10,15,22-23H,4-5,11-14,16-17H2,1H3/t22-,23+,25-/m0/s1. The average Bonchev–Trinajstić information content (AvgIpc) is 2.78. The molecule has 5 rings (SSSR count). The van der Waals surface area contributed by atoms with E-state index in [1.54, 1.807) is 18.1 Å². The van der Waals surface area contributed by atoms with Crippen LogP contribution in [0.2, 0.25) is 0 Å². The van der Waals surface area contributed by atoms with E-state index < -0.39 is 11.7 Å². The summed E-state index contributed by atoms with van der Waals surface area (Å²) in [6.07, 6.45) is 2.36. The van der Waals surface area contributed by atoms with E-state index in [4.69, 9.17) is 0 Å². The summed E-state index contributed by atoms with van der Waals surface area (Å²) in [7, 11) is 1.78. The van der Waals surface area contributed by atoms with Crippen LogP contribution in [0.25, 0.3) is 0 Å². The molecular formula is C26H29F3N2O. The molecular weight excluding hydrogens is 413 g/mol. The molecule has 1 saturated carbocycles. The summed E-state index contributed by atoms with van der Waals surface area (Å²) < 4.78 is 39.2. The molecule has 6 heteroatoms. The number of likely N-dealkylation sites (N-methyl/N-ethyl adjacent to an activating group) is 1. The van der Waals surface area contributed by atoms with Crippen LogP contribution in [0.15, 0.2) is 48.5 Å². The SMILES string of the molecule is CN(C(=O)Cc1cccc(C(F)(F)F)c1)N1CC[C@]23CCCC[C@H]2[C@H]1Cc1ccccc13. The van der Waals surface area contributed by atoms with Crippen molar-refractivity contribution in [3.8, 4) is 0 Å². The second kappa shape index (κ2) is 7.91. The summed E-state index contributed by atoms with van der Waals surface area (Å²) in [5.41, 5.74) is 2.80. The number of rotatable bonds is 3. The number of nitrogens with zero attached hydrogens (tertiary/aromatic N) is 2. The van der Waals surface area contributed by atoms with Crippen molar-refractivity contribution in [3.63, 3.8) is 0 Å². The molecule has 0 N–H and O–H groups in total. The summed E-state index contributed by atoms with van der Waals surface area (Å²) in [4.78, 5) is 13.1. The molecule has 0 radical (unpaired) electrons. The molecule has 0 spiro atoms. The Labute approximate surface area is 187 Å². The molecule has 1 saturated heterocycles. The molecule has 2 aliphatic carbocycles. The molecule has 2 aromatic carbocycles. The molecule has 3 nitrogen and oxygen atoms in total. The van der Waals surface area contributed by atoms with Crippen LogP contribution < -0.4 is 0 Å². The molecule has 2 bridgehead atoms. The third-order valence-corrected chi connectivity index (χ3v) is 8.07. The molecule has 3 atom stereocenters. The van der Waals surface area contributed by atoms with Crippen molar-refractivity contribution in [2.24, 2.45) is 5.92 Å². The summed E-state index contributed by atoms with van der Waals surface area (Å²) in [6.45, 7) is 0.806. The van der Waals surface area contributed by atoms with E-state index >= 15 is 0 Å². The fraction of sp³-hybridized carbons (Fsp3) is 0.500. The highest BCUT2D eigenvalue weighted by Gasteiger charge is 2.54. The Kier molecular flexibility index (Phi) is 5.31. The maximum Gasteiger partial charge on any atom is 0.416 e. The average molecular weight is 443 g/mol. The quantitative estimate of drug-likeness (QED) is 0.637. The minimum atomic E-state index is -4.41. The van der Waals surface area contributed by atoms with Gasteiger partial charge in [-0.1, -0.05) is 55.3 Å². The van der Waals surface area contributed by atoms with Gasteiger partial charge in [0.15, 0.2) is 0 Å². The predicted octanol–water partition coefficient (Wildman–Crippen LogP) is 5.38. The van der Waals surface area contributed by atoms with Gasteiger partial charge in [0.1, 0.15) is 0 Å². The van der Waals surface area contributed by atoms with Gasteiger partial charge in [-0.15, -0.1) is 0 Å². The lowest BCUT2D eigenvalue weighted by atomic mass is 9.52. The smallest absolute Gasteiger partial charge is 0.278 e. The number of hydrogen-bond acceptors (Lipinski definition) is 2. The van der Waals surface area contributed by atoms with E-state index in [0.29, 0.717) is 11.5 Å². The Hall–Kier alpha value is -2.34. The Balaban J connectivity index is 1.39. The molecule has 2 fully saturated rings. The second-order valence-electron chi connectivity index (χ2n) is 9.64. The molecule has 2 aromatic rings. The lowest BCUT2D eigenvalue weighted by Gasteiger charge is -2.60. The van der Waals surface area contributed by atoms with Gasteiger partial charge in [0, 0.05) is 25.0 Å². The van der Waals surface area contributed by atoms with Crippen molar-refractivity contribution in [2.45, 2.75) is 62.6 Å². The molecule has 0 unspecified atom stereocenters. The zero-order chi connectivity index (χ0) is 22.5. The van der Waals surface area contributed by atoms with Crippen molar-refractivity contribution in [1.29, 1.82) is 0 Å². The molecule has 1 aliphatic heterocycles. The first-order chi connectivity index (χ1) is 15.3. The number of amides is 1.